The Hall–Kier alpha value is -1.59. The molecule has 22 heavy (non-hydrogen) atoms. The number of anilines is 1. The lowest BCUT2D eigenvalue weighted by Gasteiger charge is -2.27. The van der Waals surface area contributed by atoms with Crippen LogP contribution >= 0.6 is 0 Å². The SMILES string of the molecule is CCC1CNc2cc(C(=O)C(C)NCCN(C)C)ccc2O1. The van der Waals surface area contributed by atoms with Crippen molar-refractivity contribution in [2.75, 3.05) is 39.0 Å². The summed E-state index contributed by atoms with van der Waals surface area (Å²) in [5.74, 6) is 0.948. The van der Waals surface area contributed by atoms with E-state index in [1.807, 2.05) is 39.2 Å². The molecule has 122 valence electrons. The van der Waals surface area contributed by atoms with E-state index in [0.29, 0.717) is 0 Å². The minimum absolute atomic E-state index is 0.112. The molecule has 0 radical (unpaired) electrons. The molecule has 2 atom stereocenters. The van der Waals surface area contributed by atoms with Gasteiger partial charge in [0.25, 0.3) is 0 Å². The van der Waals surface area contributed by atoms with Crippen molar-refractivity contribution in [1.29, 1.82) is 0 Å². The molecule has 5 heteroatoms. The zero-order valence-corrected chi connectivity index (χ0v) is 14.0. The Morgan fingerprint density at radius 1 is 1.50 bits per heavy atom. The lowest BCUT2D eigenvalue weighted by Crippen LogP contribution is -2.38. The topological polar surface area (TPSA) is 53.6 Å². The molecule has 0 saturated heterocycles. The average molecular weight is 305 g/mol. The third kappa shape index (κ3) is 4.21. The fourth-order valence-corrected chi connectivity index (χ4v) is 2.44. The number of carbonyl (C=O) groups is 1. The third-order valence-corrected chi connectivity index (χ3v) is 3.94. The van der Waals surface area contributed by atoms with Crippen molar-refractivity contribution in [3.8, 4) is 5.75 Å². The smallest absolute Gasteiger partial charge is 0.179 e. The highest BCUT2D eigenvalue weighted by atomic mass is 16.5. The maximum atomic E-state index is 12.5. The molecule has 2 N–H and O–H groups in total. The van der Waals surface area contributed by atoms with Crippen LogP contribution in [0.1, 0.15) is 30.6 Å². The van der Waals surface area contributed by atoms with Crippen LogP contribution in [0.5, 0.6) is 5.75 Å². The molecule has 0 aromatic heterocycles. The Morgan fingerprint density at radius 2 is 2.27 bits per heavy atom. The number of Topliss-reactive ketones (excluding diaryl/α,β-unsaturated/α-hetero) is 1. The number of rotatable bonds is 7. The number of ketones is 1. The second kappa shape index (κ2) is 7.61. The van der Waals surface area contributed by atoms with Crippen LogP contribution in [0.15, 0.2) is 18.2 Å². The summed E-state index contributed by atoms with van der Waals surface area (Å²) in [4.78, 5) is 14.6. The van der Waals surface area contributed by atoms with Gasteiger partial charge in [-0.05, 0) is 45.6 Å². The average Bonchev–Trinajstić information content (AvgIpc) is 2.52. The number of likely N-dealkylation sites (N-methyl/N-ethyl adjacent to an activating group) is 1. The van der Waals surface area contributed by atoms with E-state index in [2.05, 4.69) is 22.5 Å². The molecule has 2 rings (SSSR count). The van der Waals surface area contributed by atoms with E-state index in [1.165, 1.54) is 0 Å². The first-order valence-corrected chi connectivity index (χ1v) is 7.98. The van der Waals surface area contributed by atoms with Gasteiger partial charge in [0.05, 0.1) is 18.3 Å². The van der Waals surface area contributed by atoms with Gasteiger partial charge in [-0.2, -0.15) is 0 Å². The predicted molar refractivity (Wildman–Crippen MR) is 90.0 cm³/mol. The van der Waals surface area contributed by atoms with Crippen LogP contribution in [-0.2, 0) is 0 Å². The van der Waals surface area contributed by atoms with Gasteiger partial charge in [-0.25, -0.2) is 0 Å². The number of hydrogen-bond donors (Lipinski definition) is 2. The third-order valence-electron chi connectivity index (χ3n) is 3.94. The van der Waals surface area contributed by atoms with Gasteiger partial charge in [0.2, 0.25) is 0 Å². The molecule has 1 aliphatic heterocycles. The lowest BCUT2D eigenvalue weighted by atomic mass is 10.0. The molecule has 0 fully saturated rings. The summed E-state index contributed by atoms with van der Waals surface area (Å²) in [6.07, 6.45) is 1.18. The van der Waals surface area contributed by atoms with E-state index < -0.39 is 0 Å². The highest BCUT2D eigenvalue weighted by Gasteiger charge is 2.21. The van der Waals surface area contributed by atoms with E-state index in [1.54, 1.807) is 0 Å². The predicted octanol–water partition coefficient (Wildman–Crippen LogP) is 1.99. The Bertz CT molecular complexity index is 517. The number of nitrogens with zero attached hydrogens (tertiary/aromatic N) is 1. The van der Waals surface area contributed by atoms with Crippen molar-refractivity contribution in [3.63, 3.8) is 0 Å². The fraction of sp³-hybridized carbons (Fsp3) is 0.588. The summed E-state index contributed by atoms with van der Waals surface area (Å²) in [6.45, 7) is 6.52. The van der Waals surface area contributed by atoms with Crippen LogP contribution in [0.2, 0.25) is 0 Å². The summed E-state index contributed by atoms with van der Waals surface area (Å²) < 4.78 is 5.87. The number of carbonyl (C=O) groups excluding carboxylic acids is 1. The molecule has 1 aromatic carbocycles. The first-order chi connectivity index (χ1) is 10.5. The monoisotopic (exact) mass is 305 g/mol. The van der Waals surface area contributed by atoms with E-state index >= 15 is 0 Å². The standard InChI is InChI=1S/C17H27N3O2/c1-5-14-11-19-15-10-13(6-7-16(15)22-14)17(21)12(2)18-8-9-20(3)4/h6-7,10,12,14,18-19H,5,8-9,11H2,1-4H3. The first kappa shape index (κ1) is 16.8. The number of hydrogen-bond acceptors (Lipinski definition) is 5. The largest absolute Gasteiger partial charge is 0.486 e. The van der Waals surface area contributed by atoms with Crippen LogP contribution in [0.25, 0.3) is 0 Å². The van der Waals surface area contributed by atoms with Crippen molar-refractivity contribution in [2.45, 2.75) is 32.4 Å². The minimum Gasteiger partial charge on any atom is -0.486 e. The minimum atomic E-state index is -0.189. The molecule has 0 bridgehead atoms. The van der Waals surface area contributed by atoms with E-state index in [4.69, 9.17) is 4.74 Å². The lowest BCUT2D eigenvalue weighted by molar-refractivity contribution is 0.0950. The van der Waals surface area contributed by atoms with Gasteiger partial charge >= 0.3 is 0 Å². The van der Waals surface area contributed by atoms with Crippen LogP contribution in [0, 0.1) is 0 Å². The van der Waals surface area contributed by atoms with E-state index in [-0.39, 0.29) is 17.9 Å². The van der Waals surface area contributed by atoms with Crippen molar-refractivity contribution in [2.24, 2.45) is 0 Å². The Labute approximate surface area is 133 Å². The van der Waals surface area contributed by atoms with Crippen molar-refractivity contribution < 1.29 is 9.53 Å². The molecule has 0 aliphatic carbocycles. The first-order valence-electron chi connectivity index (χ1n) is 7.98. The fourth-order valence-electron chi connectivity index (χ4n) is 2.44. The normalized spacial score (nSPS) is 18.3. The van der Waals surface area contributed by atoms with Gasteiger partial charge < -0.3 is 20.3 Å². The van der Waals surface area contributed by atoms with Crippen LogP contribution in [-0.4, -0.2) is 56.6 Å². The van der Waals surface area contributed by atoms with Gasteiger partial charge in [0, 0.05) is 18.7 Å². The van der Waals surface area contributed by atoms with Gasteiger partial charge in [-0.15, -0.1) is 0 Å². The second-order valence-electron chi connectivity index (χ2n) is 6.08. The summed E-state index contributed by atoms with van der Waals surface area (Å²) in [5.41, 5.74) is 1.63. The number of fused-ring (bicyclic) bond motifs is 1. The Kier molecular flexibility index (Phi) is 5.80. The van der Waals surface area contributed by atoms with Gasteiger partial charge in [-0.1, -0.05) is 6.92 Å². The maximum absolute atomic E-state index is 12.5. The molecule has 5 nitrogen and oxygen atoms in total. The molecule has 1 aliphatic rings. The number of benzene rings is 1. The van der Waals surface area contributed by atoms with Crippen LogP contribution in [0.3, 0.4) is 0 Å². The molecule has 1 heterocycles. The van der Waals surface area contributed by atoms with Crippen molar-refractivity contribution in [3.05, 3.63) is 23.8 Å². The number of nitrogens with one attached hydrogen (secondary N) is 2. The van der Waals surface area contributed by atoms with Crippen LogP contribution < -0.4 is 15.4 Å². The molecule has 0 saturated carbocycles. The summed E-state index contributed by atoms with van der Waals surface area (Å²) in [5, 5.41) is 6.62. The van der Waals surface area contributed by atoms with E-state index in [9.17, 15) is 4.79 Å². The zero-order valence-electron chi connectivity index (χ0n) is 14.0. The molecular weight excluding hydrogens is 278 g/mol. The highest BCUT2D eigenvalue weighted by Crippen LogP contribution is 2.30. The van der Waals surface area contributed by atoms with Crippen LogP contribution in [0.4, 0.5) is 5.69 Å². The molecule has 1 aromatic rings. The van der Waals surface area contributed by atoms with Gasteiger partial charge in [-0.3, -0.25) is 4.79 Å². The summed E-state index contributed by atoms with van der Waals surface area (Å²) in [7, 11) is 4.04. The summed E-state index contributed by atoms with van der Waals surface area (Å²) >= 11 is 0. The van der Waals surface area contributed by atoms with Gasteiger partial charge in [0.1, 0.15) is 11.9 Å². The highest BCUT2D eigenvalue weighted by molar-refractivity contribution is 6.01. The summed E-state index contributed by atoms with van der Waals surface area (Å²) in [6, 6.07) is 5.45. The van der Waals surface area contributed by atoms with Crippen molar-refractivity contribution in [1.82, 2.24) is 10.2 Å². The number of ether oxygens (including phenoxy) is 1. The quantitative estimate of drug-likeness (QED) is 0.755. The maximum Gasteiger partial charge on any atom is 0.179 e. The molecular formula is C17H27N3O2. The van der Waals surface area contributed by atoms with Crippen molar-refractivity contribution >= 4 is 11.5 Å². The zero-order chi connectivity index (χ0) is 16.1. The Morgan fingerprint density at radius 3 is 2.95 bits per heavy atom. The molecule has 0 spiro atoms. The van der Waals surface area contributed by atoms with Gasteiger partial charge in [0.15, 0.2) is 5.78 Å². The molecule has 0 amide bonds. The van der Waals surface area contributed by atoms with E-state index in [0.717, 1.165) is 43.1 Å². The Balaban J connectivity index is 1.99. The second-order valence-corrected chi connectivity index (χ2v) is 6.08. The molecule has 2 unspecified atom stereocenters.